The first-order valence-electron chi connectivity index (χ1n) is 5.19. The van der Waals surface area contributed by atoms with Gasteiger partial charge in [-0.1, -0.05) is 6.92 Å². The summed E-state index contributed by atoms with van der Waals surface area (Å²) in [4.78, 5) is 22.4. The average molecular weight is 264 g/mol. The molecule has 1 aliphatic rings. The standard InChI is InChI=1S/C10H16O4S2/c1-8-2-5-15-6-9(11)13-3-4-14-10(12)7-16-8/h8H,2-7H2,1H3. The molecular weight excluding hydrogens is 248 g/mol. The maximum atomic E-state index is 11.2. The number of carbonyl (C=O) groups is 2. The molecule has 0 aromatic rings. The highest BCUT2D eigenvalue weighted by Gasteiger charge is 2.11. The fraction of sp³-hybridized carbons (Fsp3) is 0.800. The third-order valence-corrected chi connectivity index (χ3v) is 4.16. The molecule has 0 radical (unpaired) electrons. The second kappa shape index (κ2) is 7.84. The fourth-order valence-corrected chi connectivity index (χ4v) is 2.94. The van der Waals surface area contributed by atoms with Crippen molar-refractivity contribution in [1.82, 2.24) is 0 Å². The molecule has 0 N–H and O–H groups in total. The topological polar surface area (TPSA) is 52.6 Å². The van der Waals surface area contributed by atoms with Gasteiger partial charge in [-0.25, -0.2) is 0 Å². The summed E-state index contributed by atoms with van der Waals surface area (Å²) in [5.41, 5.74) is 0. The van der Waals surface area contributed by atoms with E-state index in [1.807, 2.05) is 0 Å². The highest BCUT2D eigenvalue weighted by Crippen LogP contribution is 2.17. The lowest BCUT2D eigenvalue weighted by molar-refractivity contribution is -0.148. The zero-order valence-electron chi connectivity index (χ0n) is 9.27. The van der Waals surface area contributed by atoms with E-state index in [0.717, 1.165) is 12.2 Å². The van der Waals surface area contributed by atoms with Crippen LogP contribution < -0.4 is 0 Å². The van der Waals surface area contributed by atoms with Crippen LogP contribution in [0, 0.1) is 0 Å². The Hall–Kier alpha value is -0.360. The minimum Gasteiger partial charge on any atom is -0.461 e. The van der Waals surface area contributed by atoms with Crippen molar-refractivity contribution in [2.75, 3.05) is 30.5 Å². The van der Waals surface area contributed by atoms with E-state index in [1.165, 1.54) is 0 Å². The summed E-state index contributed by atoms with van der Waals surface area (Å²) in [5.74, 6) is 1.20. The minimum absolute atomic E-state index is 0.157. The predicted octanol–water partition coefficient (Wildman–Crippen LogP) is 1.33. The largest absolute Gasteiger partial charge is 0.461 e. The van der Waals surface area contributed by atoms with Gasteiger partial charge < -0.3 is 9.47 Å². The Labute approximate surface area is 104 Å². The Morgan fingerprint density at radius 1 is 1.12 bits per heavy atom. The third kappa shape index (κ3) is 6.27. The zero-order chi connectivity index (χ0) is 11.8. The molecule has 6 heteroatoms. The molecule has 0 amide bonds. The van der Waals surface area contributed by atoms with E-state index in [9.17, 15) is 9.59 Å². The van der Waals surface area contributed by atoms with Crippen LogP contribution in [0.5, 0.6) is 0 Å². The second-order valence-electron chi connectivity index (χ2n) is 3.40. The Morgan fingerprint density at radius 2 is 1.75 bits per heavy atom. The van der Waals surface area contributed by atoms with Gasteiger partial charge in [0.1, 0.15) is 13.2 Å². The van der Waals surface area contributed by atoms with Crippen molar-refractivity contribution in [3.05, 3.63) is 0 Å². The summed E-state index contributed by atoms with van der Waals surface area (Å²) >= 11 is 3.17. The highest BCUT2D eigenvalue weighted by atomic mass is 32.2. The van der Waals surface area contributed by atoms with Crippen LogP contribution in [0.2, 0.25) is 0 Å². The van der Waals surface area contributed by atoms with Crippen molar-refractivity contribution in [3.8, 4) is 0 Å². The van der Waals surface area contributed by atoms with Crippen LogP contribution in [0.15, 0.2) is 0 Å². The van der Waals surface area contributed by atoms with Crippen LogP contribution in [0.25, 0.3) is 0 Å². The zero-order valence-corrected chi connectivity index (χ0v) is 10.9. The molecule has 1 atom stereocenters. The Balaban J connectivity index is 2.36. The molecule has 0 spiro atoms. The lowest BCUT2D eigenvalue weighted by atomic mass is 10.4. The van der Waals surface area contributed by atoms with Gasteiger partial charge in [0.15, 0.2) is 0 Å². The predicted molar refractivity (Wildman–Crippen MR) is 65.8 cm³/mol. The molecule has 0 aliphatic carbocycles. The molecule has 1 aliphatic heterocycles. The van der Waals surface area contributed by atoms with Gasteiger partial charge in [-0.3, -0.25) is 9.59 Å². The van der Waals surface area contributed by atoms with Crippen LogP contribution in [0.4, 0.5) is 0 Å². The van der Waals surface area contributed by atoms with E-state index in [0.29, 0.717) is 16.8 Å². The molecule has 1 heterocycles. The van der Waals surface area contributed by atoms with Crippen LogP contribution in [-0.4, -0.2) is 47.7 Å². The van der Waals surface area contributed by atoms with Crippen molar-refractivity contribution in [2.45, 2.75) is 18.6 Å². The number of carbonyl (C=O) groups excluding carboxylic acids is 2. The first-order chi connectivity index (χ1) is 7.68. The Morgan fingerprint density at radius 3 is 2.44 bits per heavy atom. The summed E-state index contributed by atoms with van der Waals surface area (Å²) in [6.07, 6.45) is 0.982. The molecule has 16 heavy (non-hydrogen) atoms. The molecule has 1 unspecified atom stereocenters. The third-order valence-electron chi connectivity index (χ3n) is 1.98. The molecule has 1 saturated heterocycles. The monoisotopic (exact) mass is 264 g/mol. The normalized spacial score (nSPS) is 25.7. The van der Waals surface area contributed by atoms with Gasteiger partial charge in [-0.05, 0) is 12.2 Å². The quantitative estimate of drug-likeness (QED) is 0.615. The fourth-order valence-electron chi connectivity index (χ4n) is 1.09. The van der Waals surface area contributed by atoms with Crippen molar-refractivity contribution in [1.29, 1.82) is 0 Å². The smallest absolute Gasteiger partial charge is 0.316 e. The van der Waals surface area contributed by atoms with Crippen molar-refractivity contribution in [2.24, 2.45) is 0 Å². The number of hydrogen-bond acceptors (Lipinski definition) is 6. The maximum Gasteiger partial charge on any atom is 0.316 e. The first-order valence-corrected chi connectivity index (χ1v) is 7.39. The van der Waals surface area contributed by atoms with Gasteiger partial charge in [0.25, 0.3) is 0 Å². The van der Waals surface area contributed by atoms with Gasteiger partial charge >= 0.3 is 11.9 Å². The van der Waals surface area contributed by atoms with Gasteiger partial charge in [0, 0.05) is 5.25 Å². The Bertz CT molecular complexity index is 245. The van der Waals surface area contributed by atoms with Crippen LogP contribution >= 0.6 is 23.5 Å². The van der Waals surface area contributed by atoms with E-state index in [1.54, 1.807) is 23.5 Å². The summed E-state index contributed by atoms with van der Waals surface area (Å²) in [6.45, 7) is 2.39. The molecule has 92 valence electrons. The van der Waals surface area contributed by atoms with Crippen LogP contribution in [0.1, 0.15) is 13.3 Å². The van der Waals surface area contributed by atoms with Gasteiger partial charge in [0.2, 0.25) is 0 Å². The maximum absolute atomic E-state index is 11.2. The number of ether oxygens (including phenoxy) is 2. The van der Waals surface area contributed by atoms with Gasteiger partial charge in [-0.15, -0.1) is 11.8 Å². The first kappa shape index (κ1) is 13.7. The van der Waals surface area contributed by atoms with Crippen molar-refractivity contribution < 1.29 is 19.1 Å². The van der Waals surface area contributed by atoms with Crippen molar-refractivity contribution in [3.63, 3.8) is 0 Å². The number of cyclic esters (lactones) is 2. The van der Waals surface area contributed by atoms with E-state index in [-0.39, 0.29) is 25.2 Å². The Kier molecular flexibility index (Phi) is 6.71. The summed E-state index contributed by atoms with van der Waals surface area (Å²) in [5, 5.41) is 0.414. The number of rotatable bonds is 0. The van der Waals surface area contributed by atoms with Crippen LogP contribution in [-0.2, 0) is 19.1 Å². The molecule has 0 aromatic carbocycles. The second-order valence-corrected chi connectivity index (χ2v) is 5.94. The highest BCUT2D eigenvalue weighted by molar-refractivity contribution is 8.01. The lowest BCUT2D eigenvalue weighted by Crippen LogP contribution is -2.16. The minimum atomic E-state index is -0.236. The van der Waals surface area contributed by atoms with Crippen LogP contribution in [0.3, 0.4) is 0 Å². The molecule has 0 aromatic heterocycles. The van der Waals surface area contributed by atoms with Gasteiger partial charge in [-0.2, -0.15) is 11.8 Å². The SMILES string of the molecule is CC1CCSCC(=O)OCCOC(=O)CS1. The summed E-state index contributed by atoms with van der Waals surface area (Å²) in [7, 11) is 0. The lowest BCUT2D eigenvalue weighted by Gasteiger charge is -2.09. The van der Waals surface area contributed by atoms with Gasteiger partial charge in [0.05, 0.1) is 11.5 Å². The molecular formula is C10H16O4S2. The molecule has 4 nitrogen and oxygen atoms in total. The summed E-state index contributed by atoms with van der Waals surface area (Å²) in [6, 6.07) is 0. The summed E-state index contributed by atoms with van der Waals surface area (Å²) < 4.78 is 9.80. The van der Waals surface area contributed by atoms with Crippen molar-refractivity contribution >= 4 is 35.5 Å². The number of hydrogen-bond donors (Lipinski definition) is 0. The molecule has 0 bridgehead atoms. The molecule has 1 rings (SSSR count). The number of thioether (sulfide) groups is 2. The number of esters is 2. The van der Waals surface area contributed by atoms with E-state index in [2.05, 4.69) is 6.92 Å². The molecule has 0 saturated carbocycles. The molecule has 1 fully saturated rings. The van der Waals surface area contributed by atoms with E-state index in [4.69, 9.17) is 9.47 Å². The average Bonchev–Trinajstić information content (AvgIpc) is 2.27. The van der Waals surface area contributed by atoms with E-state index >= 15 is 0 Å². The van der Waals surface area contributed by atoms with E-state index < -0.39 is 0 Å².